The summed E-state index contributed by atoms with van der Waals surface area (Å²) >= 11 is 11.8. The molecule has 0 aliphatic rings. The summed E-state index contributed by atoms with van der Waals surface area (Å²) in [5, 5.41) is 1.54. The average Bonchev–Trinajstić information content (AvgIpc) is 1.85. The van der Waals surface area contributed by atoms with Crippen molar-refractivity contribution in [3.63, 3.8) is 0 Å². The lowest BCUT2D eigenvalue weighted by atomic mass is 11.3. The molecule has 2 nitrogen and oxygen atoms in total. The van der Waals surface area contributed by atoms with E-state index in [0.29, 0.717) is 0 Å². The molecule has 0 saturated carbocycles. The van der Waals surface area contributed by atoms with Crippen LogP contribution in [0.2, 0.25) is 0 Å². The van der Waals surface area contributed by atoms with Gasteiger partial charge < -0.3 is 0 Å². The van der Waals surface area contributed by atoms with Crippen molar-refractivity contribution in [1.82, 2.24) is 9.34 Å². The van der Waals surface area contributed by atoms with Crippen molar-refractivity contribution in [2.75, 3.05) is 28.2 Å². The third-order valence-electron chi connectivity index (χ3n) is 1.25. The molecule has 0 bridgehead atoms. The van der Waals surface area contributed by atoms with Gasteiger partial charge in [0.1, 0.15) is 6.54 Å². The van der Waals surface area contributed by atoms with E-state index in [0.717, 1.165) is 0 Å². The molecule has 5 heteroatoms. The molecule has 0 amide bonds. The van der Waals surface area contributed by atoms with Crippen LogP contribution in [0.1, 0.15) is 0 Å². The Bertz CT molecular complexity index is 144. The predicted molar refractivity (Wildman–Crippen MR) is 52.1 cm³/mol. The first-order valence-corrected chi connectivity index (χ1v) is 5.94. The number of nitrogens with zero attached hydrogens (tertiary/aromatic N) is 2. The maximum absolute atomic E-state index is 6.17. The van der Waals surface area contributed by atoms with Gasteiger partial charge >= 0.3 is 0 Å². The monoisotopic (exact) mass is 202 g/mol. The first kappa shape index (κ1) is 10.8. The molecule has 0 atom stereocenters. The first-order chi connectivity index (χ1) is 4.45. The van der Waals surface area contributed by atoms with Crippen LogP contribution in [0.3, 0.4) is 0 Å². The van der Waals surface area contributed by atoms with Crippen molar-refractivity contribution in [3.8, 4) is 0 Å². The standard InChI is InChI=1S/C5H13Cl2N2P/c1-8(2)10(7,5-6)9(3)4/h5H,1-4H3. The summed E-state index contributed by atoms with van der Waals surface area (Å²) in [7, 11) is 7.67. The van der Waals surface area contributed by atoms with Crippen LogP contribution in [0, 0.1) is 0 Å². The van der Waals surface area contributed by atoms with Crippen molar-refractivity contribution in [2.45, 2.75) is 0 Å². The first-order valence-electron chi connectivity index (χ1n) is 2.83. The van der Waals surface area contributed by atoms with E-state index >= 15 is 0 Å². The largest absolute Gasteiger partial charge is 0.266 e. The van der Waals surface area contributed by atoms with Crippen LogP contribution in [-0.2, 0) is 0 Å². The van der Waals surface area contributed by atoms with E-state index in [1.807, 2.05) is 37.5 Å². The second-order valence-corrected chi connectivity index (χ2v) is 7.37. The molecular formula is C5H13Cl2N2P. The lowest BCUT2D eigenvalue weighted by Crippen LogP contribution is -2.18. The normalized spacial score (nSPS) is 12.8. The fraction of sp³-hybridized carbons (Fsp3) is 0.800. The summed E-state index contributed by atoms with van der Waals surface area (Å²) in [5.41, 5.74) is 0. The molecule has 0 spiro atoms. The van der Waals surface area contributed by atoms with E-state index in [9.17, 15) is 0 Å². The Morgan fingerprint density at radius 3 is 1.40 bits per heavy atom. The molecule has 0 rings (SSSR count). The Labute approximate surface area is 72.6 Å². The van der Waals surface area contributed by atoms with Gasteiger partial charge in [-0.3, -0.25) is 9.34 Å². The maximum Gasteiger partial charge on any atom is 0.112 e. The summed E-state index contributed by atoms with van der Waals surface area (Å²) in [6, 6.07) is 0. The van der Waals surface area contributed by atoms with Gasteiger partial charge in [0.2, 0.25) is 0 Å². The lowest BCUT2D eigenvalue weighted by molar-refractivity contribution is 0.585. The van der Waals surface area contributed by atoms with Gasteiger partial charge in [-0.05, 0) is 28.2 Å². The highest BCUT2D eigenvalue weighted by molar-refractivity contribution is 7.95. The minimum Gasteiger partial charge on any atom is -0.266 e. The van der Waals surface area contributed by atoms with Gasteiger partial charge in [-0.25, -0.2) is 0 Å². The van der Waals surface area contributed by atoms with Crippen LogP contribution in [0.5, 0.6) is 0 Å². The molecule has 0 aliphatic heterocycles. The molecule has 0 heterocycles. The predicted octanol–water partition coefficient (Wildman–Crippen LogP) is 2.11. The minimum absolute atomic E-state index is 1.54. The molecule has 0 unspecified atom stereocenters. The lowest BCUT2D eigenvalue weighted by Gasteiger charge is -2.30. The van der Waals surface area contributed by atoms with Crippen LogP contribution in [-0.4, -0.2) is 42.8 Å². The fourth-order valence-corrected chi connectivity index (χ4v) is 2.64. The summed E-state index contributed by atoms with van der Waals surface area (Å²) in [4.78, 5) is 0. The van der Waals surface area contributed by atoms with Gasteiger partial charge in [-0.15, -0.1) is 0 Å². The SMILES string of the molecule is CN(C)P(Cl)(=CCl)N(C)C. The smallest absolute Gasteiger partial charge is 0.112 e. The topological polar surface area (TPSA) is 6.48 Å². The molecule has 62 valence electrons. The third kappa shape index (κ3) is 2.14. The summed E-state index contributed by atoms with van der Waals surface area (Å²) in [6.07, 6.45) is 0. The third-order valence-corrected chi connectivity index (χ3v) is 6.96. The van der Waals surface area contributed by atoms with Gasteiger partial charge in [-0.2, -0.15) is 0 Å². The van der Waals surface area contributed by atoms with Crippen molar-refractivity contribution in [1.29, 1.82) is 0 Å². The zero-order valence-electron chi connectivity index (χ0n) is 6.67. The van der Waals surface area contributed by atoms with Gasteiger partial charge in [0, 0.05) is 5.26 Å². The summed E-state index contributed by atoms with van der Waals surface area (Å²) in [5.74, 6) is 0. The quantitative estimate of drug-likeness (QED) is 0.634. The van der Waals surface area contributed by atoms with E-state index in [1.54, 1.807) is 0 Å². The Kier molecular flexibility index (Phi) is 4.30. The van der Waals surface area contributed by atoms with Crippen LogP contribution in [0.15, 0.2) is 0 Å². The average molecular weight is 203 g/mol. The summed E-state index contributed by atoms with van der Waals surface area (Å²) in [6.45, 7) is -1.81. The van der Waals surface area contributed by atoms with E-state index in [1.165, 1.54) is 5.26 Å². The Morgan fingerprint density at radius 1 is 1.10 bits per heavy atom. The van der Waals surface area contributed by atoms with Gasteiger partial charge in [0.15, 0.2) is 0 Å². The Morgan fingerprint density at radius 2 is 1.40 bits per heavy atom. The molecular weight excluding hydrogens is 190 g/mol. The number of hydrogen-bond acceptors (Lipinski definition) is 2. The highest BCUT2D eigenvalue weighted by Gasteiger charge is 2.18. The van der Waals surface area contributed by atoms with Gasteiger partial charge in [-0.1, -0.05) is 22.8 Å². The van der Waals surface area contributed by atoms with E-state index in [4.69, 9.17) is 22.8 Å². The number of halogens is 2. The van der Waals surface area contributed by atoms with Crippen molar-refractivity contribution in [3.05, 3.63) is 0 Å². The molecule has 0 aliphatic carbocycles. The number of hydrogen-bond donors (Lipinski definition) is 0. The molecule has 0 aromatic carbocycles. The molecule has 10 heavy (non-hydrogen) atoms. The van der Waals surface area contributed by atoms with E-state index in [-0.39, 0.29) is 0 Å². The molecule has 0 saturated heterocycles. The molecule has 0 radical (unpaired) electrons. The molecule has 0 aromatic rings. The molecule has 0 N–H and O–H groups in total. The van der Waals surface area contributed by atoms with Crippen LogP contribution >= 0.6 is 29.4 Å². The second-order valence-electron chi connectivity index (χ2n) is 2.36. The van der Waals surface area contributed by atoms with Crippen LogP contribution < -0.4 is 0 Å². The highest BCUT2D eigenvalue weighted by atomic mass is 35.7. The molecule has 0 fully saturated rings. The zero-order chi connectivity index (χ0) is 8.36. The highest BCUT2D eigenvalue weighted by Crippen LogP contribution is 2.55. The number of rotatable bonds is 2. The summed E-state index contributed by atoms with van der Waals surface area (Å²) < 4.78 is 3.86. The van der Waals surface area contributed by atoms with Crippen molar-refractivity contribution in [2.24, 2.45) is 0 Å². The van der Waals surface area contributed by atoms with Crippen LogP contribution in [0.4, 0.5) is 0 Å². The minimum atomic E-state index is -1.81. The zero-order valence-corrected chi connectivity index (χ0v) is 9.08. The van der Waals surface area contributed by atoms with Crippen LogP contribution in [0.25, 0.3) is 0 Å². The van der Waals surface area contributed by atoms with Crippen molar-refractivity contribution < 1.29 is 0 Å². The second kappa shape index (κ2) is 3.99. The van der Waals surface area contributed by atoms with E-state index in [2.05, 4.69) is 0 Å². The maximum atomic E-state index is 6.17. The fourth-order valence-electron chi connectivity index (χ4n) is 0.532. The molecule has 0 aromatic heterocycles. The Hall–Kier alpha value is 0.800. The van der Waals surface area contributed by atoms with Crippen molar-refractivity contribution >= 4 is 34.6 Å². The van der Waals surface area contributed by atoms with Gasteiger partial charge in [0.25, 0.3) is 0 Å². The van der Waals surface area contributed by atoms with Gasteiger partial charge in [0.05, 0.1) is 0 Å². The Balaban J connectivity index is 4.59. The van der Waals surface area contributed by atoms with E-state index < -0.39 is 6.54 Å².